The van der Waals surface area contributed by atoms with Gasteiger partial charge in [0.2, 0.25) is 0 Å². The third kappa shape index (κ3) is 3.09. The van der Waals surface area contributed by atoms with Gasteiger partial charge in [0.05, 0.1) is 0 Å². The molecule has 2 nitrogen and oxygen atoms in total. The number of piperidine rings is 1. The number of nitrogens with one attached hydrogen (secondary N) is 1. The molecule has 3 heteroatoms. The van der Waals surface area contributed by atoms with Crippen LogP contribution in [0.5, 0.6) is 0 Å². The zero-order valence-corrected chi connectivity index (χ0v) is 11.5. The number of halogens is 1. The van der Waals surface area contributed by atoms with Crippen LogP contribution in [0.4, 0.5) is 4.39 Å². The maximum atomic E-state index is 13.2. The first-order valence-electron chi connectivity index (χ1n) is 6.85. The monoisotopic (exact) mass is 250 g/mol. The van der Waals surface area contributed by atoms with E-state index in [1.807, 2.05) is 19.1 Å². The third-order valence-corrected chi connectivity index (χ3v) is 3.88. The standard InChI is InChI=1S/C15H23FN2/c1-11-9-14(7-8-15(11)16)10-17-18-12(2)5-4-6-13(18)3/h7-9,12-13,17H,4-6,10H2,1-3H3. The lowest BCUT2D eigenvalue weighted by atomic mass is 10.00. The second kappa shape index (κ2) is 5.81. The molecule has 100 valence electrons. The van der Waals surface area contributed by atoms with E-state index < -0.39 is 0 Å². The average molecular weight is 250 g/mol. The maximum Gasteiger partial charge on any atom is 0.126 e. The van der Waals surface area contributed by atoms with Crippen molar-refractivity contribution >= 4 is 0 Å². The van der Waals surface area contributed by atoms with Crippen molar-refractivity contribution in [2.75, 3.05) is 0 Å². The van der Waals surface area contributed by atoms with Gasteiger partial charge in [-0.25, -0.2) is 9.40 Å². The van der Waals surface area contributed by atoms with Crippen molar-refractivity contribution in [1.29, 1.82) is 0 Å². The van der Waals surface area contributed by atoms with Gasteiger partial charge >= 0.3 is 0 Å². The van der Waals surface area contributed by atoms with Crippen molar-refractivity contribution in [2.24, 2.45) is 0 Å². The van der Waals surface area contributed by atoms with Crippen LogP contribution in [0.1, 0.15) is 44.2 Å². The third-order valence-electron chi connectivity index (χ3n) is 3.88. The molecule has 1 aliphatic heterocycles. The summed E-state index contributed by atoms with van der Waals surface area (Å²) in [5.74, 6) is -0.126. The predicted molar refractivity (Wildman–Crippen MR) is 72.6 cm³/mol. The Morgan fingerprint density at radius 3 is 2.56 bits per heavy atom. The molecular weight excluding hydrogens is 227 g/mol. The lowest BCUT2D eigenvalue weighted by molar-refractivity contribution is 0.0435. The zero-order valence-electron chi connectivity index (χ0n) is 11.5. The molecule has 1 saturated heterocycles. The molecule has 1 aromatic rings. The molecule has 0 spiro atoms. The van der Waals surface area contributed by atoms with Gasteiger partial charge in [-0.3, -0.25) is 5.43 Å². The van der Waals surface area contributed by atoms with Gasteiger partial charge in [0.25, 0.3) is 0 Å². The molecule has 0 bridgehead atoms. The van der Waals surface area contributed by atoms with Crippen molar-refractivity contribution in [2.45, 2.75) is 58.7 Å². The Kier molecular flexibility index (Phi) is 4.36. The van der Waals surface area contributed by atoms with E-state index in [-0.39, 0.29) is 5.82 Å². The van der Waals surface area contributed by atoms with Gasteiger partial charge in [0.1, 0.15) is 5.82 Å². The molecule has 2 atom stereocenters. The van der Waals surface area contributed by atoms with Crippen LogP contribution in [0.3, 0.4) is 0 Å². The van der Waals surface area contributed by atoms with Crippen LogP contribution < -0.4 is 5.43 Å². The van der Waals surface area contributed by atoms with Gasteiger partial charge < -0.3 is 0 Å². The summed E-state index contributed by atoms with van der Waals surface area (Å²) in [6, 6.07) is 6.48. The molecule has 0 saturated carbocycles. The molecule has 0 amide bonds. The Bertz CT molecular complexity index is 395. The van der Waals surface area contributed by atoms with E-state index in [0.717, 1.165) is 12.1 Å². The minimum absolute atomic E-state index is 0.126. The van der Waals surface area contributed by atoms with Crippen molar-refractivity contribution in [3.8, 4) is 0 Å². The van der Waals surface area contributed by atoms with E-state index >= 15 is 0 Å². The smallest absolute Gasteiger partial charge is 0.126 e. The number of hydrogen-bond acceptors (Lipinski definition) is 2. The Morgan fingerprint density at radius 2 is 1.94 bits per heavy atom. The SMILES string of the molecule is Cc1cc(CNN2C(C)CCCC2C)ccc1F. The fourth-order valence-electron chi connectivity index (χ4n) is 2.73. The summed E-state index contributed by atoms with van der Waals surface area (Å²) in [6.45, 7) is 7.11. The van der Waals surface area contributed by atoms with Crippen LogP contribution in [0.2, 0.25) is 0 Å². The molecular formula is C15H23FN2. The van der Waals surface area contributed by atoms with Crippen LogP contribution in [0.25, 0.3) is 0 Å². The van der Waals surface area contributed by atoms with E-state index in [4.69, 9.17) is 0 Å². The summed E-state index contributed by atoms with van der Waals surface area (Å²) in [7, 11) is 0. The highest BCUT2D eigenvalue weighted by molar-refractivity contribution is 5.23. The van der Waals surface area contributed by atoms with E-state index in [1.54, 1.807) is 6.07 Å². The predicted octanol–water partition coefficient (Wildman–Crippen LogP) is 3.40. The van der Waals surface area contributed by atoms with Crippen molar-refractivity contribution in [3.63, 3.8) is 0 Å². The molecule has 1 aromatic carbocycles. The molecule has 1 N–H and O–H groups in total. The summed E-state index contributed by atoms with van der Waals surface area (Å²) in [5.41, 5.74) is 5.35. The van der Waals surface area contributed by atoms with E-state index in [9.17, 15) is 4.39 Å². The molecule has 1 aliphatic rings. The largest absolute Gasteiger partial charge is 0.250 e. The Hall–Kier alpha value is -0.930. The summed E-state index contributed by atoms with van der Waals surface area (Å²) in [5, 5.41) is 2.35. The molecule has 1 heterocycles. The van der Waals surface area contributed by atoms with Gasteiger partial charge in [-0.15, -0.1) is 0 Å². The zero-order chi connectivity index (χ0) is 13.1. The maximum absolute atomic E-state index is 13.2. The number of nitrogens with zero attached hydrogens (tertiary/aromatic N) is 1. The van der Waals surface area contributed by atoms with Crippen molar-refractivity contribution in [1.82, 2.24) is 10.4 Å². The normalized spacial score (nSPS) is 25.3. The summed E-state index contributed by atoms with van der Waals surface area (Å²) in [4.78, 5) is 0. The van der Waals surface area contributed by atoms with Gasteiger partial charge in [0, 0.05) is 18.6 Å². The number of rotatable bonds is 3. The van der Waals surface area contributed by atoms with Crippen molar-refractivity contribution in [3.05, 3.63) is 35.1 Å². The molecule has 2 rings (SSSR count). The van der Waals surface area contributed by atoms with E-state index in [2.05, 4.69) is 24.3 Å². The molecule has 0 aliphatic carbocycles. The molecule has 18 heavy (non-hydrogen) atoms. The highest BCUT2D eigenvalue weighted by Crippen LogP contribution is 2.20. The first kappa shape index (κ1) is 13.5. The molecule has 1 fully saturated rings. The quantitative estimate of drug-likeness (QED) is 0.884. The van der Waals surface area contributed by atoms with Crippen LogP contribution in [0, 0.1) is 12.7 Å². The van der Waals surface area contributed by atoms with Gasteiger partial charge in [-0.1, -0.05) is 18.6 Å². The molecule has 0 radical (unpaired) electrons. The second-order valence-electron chi connectivity index (χ2n) is 5.45. The number of hydrogen-bond donors (Lipinski definition) is 1. The minimum Gasteiger partial charge on any atom is -0.250 e. The fourth-order valence-corrected chi connectivity index (χ4v) is 2.73. The first-order valence-corrected chi connectivity index (χ1v) is 6.85. The second-order valence-corrected chi connectivity index (χ2v) is 5.45. The first-order chi connectivity index (χ1) is 8.58. The topological polar surface area (TPSA) is 15.3 Å². The van der Waals surface area contributed by atoms with E-state index in [0.29, 0.717) is 17.6 Å². The van der Waals surface area contributed by atoms with Crippen LogP contribution in [-0.2, 0) is 6.54 Å². The average Bonchev–Trinajstić information content (AvgIpc) is 2.33. The lowest BCUT2D eigenvalue weighted by Gasteiger charge is -2.39. The number of hydrazine groups is 1. The Labute approximate surface area is 109 Å². The number of aryl methyl sites for hydroxylation is 1. The minimum atomic E-state index is -0.126. The van der Waals surface area contributed by atoms with E-state index in [1.165, 1.54) is 19.3 Å². The van der Waals surface area contributed by atoms with Gasteiger partial charge in [0.15, 0.2) is 0 Å². The molecule has 2 unspecified atom stereocenters. The fraction of sp³-hybridized carbons (Fsp3) is 0.600. The van der Waals surface area contributed by atoms with Crippen LogP contribution in [-0.4, -0.2) is 17.1 Å². The summed E-state index contributed by atoms with van der Waals surface area (Å²) >= 11 is 0. The van der Waals surface area contributed by atoms with Crippen molar-refractivity contribution < 1.29 is 4.39 Å². The van der Waals surface area contributed by atoms with Gasteiger partial charge in [-0.2, -0.15) is 0 Å². The summed E-state index contributed by atoms with van der Waals surface area (Å²) < 4.78 is 13.2. The lowest BCUT2D eigenvalue weighted by Crippen LogP contribution is -2.51. The Morgan fingerprint density at radius 1 is 1.28 bits per heavy atom. The molecule has 0 aromatic heterocycles. The highest BCUT2D eigenvalue weighted by Gasteiger charge is 2.23. The highest BCUT2D eigenvalue weighted by atomic mass is 19.1. The Balaban J connectivity index is 1.95. The summed E-state index contributed by atoms with van der Waals surface area (Å²) in [6.07, 6.45) is 3.82. The number of benzene rings is 1. The van der Waals surface area contributed by atoms with Gasteiger partial charge in [-0.05, 0) is 50.8 Å². The van der Waals surface area contributed by atoms with Crippen LogP contribution >= 0.6 is 0 Å². The van der Waals surface area contributed by atoms with Crippen LogP contribution in [0.15, 0.2) is 18.2 Å².